The minimum Gasteiger partial charge on any atom is -0.384 e. The Morgan fingerprint density at radius 1 is 1.24 bits per heavy atom. The van der Waals surface area contributed by atoms with Crippen molar-refractivity contribution < 1.29 is 8.42 Å². The third-order valence-corrected chi connectivity index (χ3v) is 5.40. The molecule has 1 N–H and O–H groups in total. The van der Waals surface area contributed by atoms with Gasteiger partial charge in [-0.25, -0.2) is 22.4 Å². The second-order valence-electron chi connectivity index (χ2n) is 4.88. The lowest BCUT2D eigenvalue weighted by Crippen LogP contribution is -2.30. The molecule has 21 heavy (non-hydrogen) atoms. The molecule has 1 saturated heterocycles. The second kappa shape index (κ2) is 5.82. The van der Waals surface area contributed by atoms with Crippen molar-refractivity contribution in [2.75, 3.05) is 30.7 Å². The molecule has 0 bridgehead atoms. The van der Waals surface area contributed by atoms with E-state index in [0.29, 0.717) is 19.6 Å². The Bertz CT molecular complexity index is 682. The van der Waals surface area contributed by atoms with Crippen LogP contribution in [0.5, 0.6) is 0 Å². The average Bonchev–Trinajstić information content (AvgIpc) is 3.10. The van der Waals surface area contributed by atoms with E-state index in [9.17, 15) is 8.42 Å². The van der Waals surface area contributed by atoms with Crippen LogP contribution in [0, 0.1) is 0 Å². The van der Waals surface area contributed by atoms with Crippen LogP contribution in [0.2, 0.25) is 0 Å². The Balaban J connectivity index is 1.54. The highest BCUT2D eigenvalue weighted by molar-refractivity contribution is 7.89. The van der Waals surface area contributed by atoms with Crippen LogP contribution in [0.25, 0.3) is 5.69 Å². The third kappa shape index (κ3) is 3.22. The van der Waals surface area contributed by atoms with Crippen LogP contribution < -0.4 is 5.32 Å². The molecule has 1 aliphatic heterocycles. The lowest BCUT2D eigenvalue weighted by Gasteiger charge is -2.15. The molecule has 0 aliphatic carbocycles. The summed E-state index contributed by atoms with van der Waals surface area (Å²) in [5, 5.41) is 7.29. The molecule has 7 nitrogen and oxygen atoms in total. The molecule has 2 aromatic rings. The molecule has 3 rings (SSSR count). The van der Waals surface area contributed by atoms with Crippen molar-refractivity contribution in [3.05, 3.63) is 36.9 Å². The van der Waals surface area contributed by atoms with E-state index >= 15 is 0 Å². The molecule has 2 heterocycles. The van der Waals surface area contributed by atoms with Gasteiger partial charge in [-0.05, 0) is 30.7 Å². The molecular weight excluding hydrogens is 290 g/mol. The van der Waals surface area contributed by atoms with Crippen LogP contribution in [0.3, 0.4) is 0 Å². The van der Waals surface area contributed by atoms with Crippen LogP contribution >= 0.6 is 0 Å². The molecule has 1 aliphatic rings. The number of rotatable bonds is 5. The first kappa shape index (κ1) is 14.0. The highest BCUT2D eigenvalue weighted by Gasteiger charge is 2.27. The quantitative estimate of drug-likeness (QED) is 0.880. The van der Waals surface area contributed by atoms with Crippen molar-refractivity contribution in [1.82, 2.24) is 19.1 Å². The Hall–Kier alpha value is -1.93. The zero-order chi connectivity index (χ0) is 14.7. The fraction of sp³-hybridized carbons (Fsp3) is 0.385. The Labute approximate surface area is 123 Å². The van der Waals surface area contributed by atoms with Gasteiger partial charge in [0.05, 0.1) is 11.4 Å². The minimum absolute atomic E-state index is 0.277. The van der Waals surface area contributed by atoms with Gasteiger partial charge in [0, 0.05) is 25.3 Å². The van der Waals surface area contributed by atoms with E-state index in [-0.39, 0.29) is 5.75 Å². The maximum Gasteiger partial charge on any atom is 0.214 e. The molecule has 1 fully saturated rings. The molecule has 0 spiro atoms. The van der Waals surface area contributed by atoms with E-state index in [2.05, 4.69) is 15.4 Å². The van der Waals surface area contributed by atoms with E-state index in [1.54, 1.807) is 15.3 Å². The molecular formula is C13H17N5O2S. The van der Waals surface area contributed by atoms with Gasteiger partial charge in [-0.2, -0.15) is 5.10 Å². The summed E-state index contributed by atoms with van der Waals surface area (Å²) < 4.78 is 26.6. The van der Waals surface area contributed by atoms with Crippen LogP contribution in [-0.4, -0.2) is 52.9 Å². The van der Waals surface area contributed by atoms with Crippen molar-refractivity contribution in [2.45, 2.75) is 6.42 Å². The number of anilines is 1. The highest BCUT2D eigenvalue weighted by Crippen LogP contribution is 2.14. The van der Waals surface area contributed by atoms with Gasteiger partial charge >= 0.3 is 0 Å². The van der Waals surface area contributed by atoms with Crippen molar-refractivity contribution in [3.63, 3.8) is 0 Å². The summed E-state index contributed by atoms with van der Waals surface area (Å²) in [6.07, 6.45) is 3.86. The smallest absolute Gasteiger partial charge is 0.214 e. The van der Waals surface area contributed by atoms with Gasteiger partial charge in [0.1, 0.15) is 12.7 Å². The van der Waals surface area contributed by atoms with Gasteiger partial charge in [0.2, 0.25) is 10.0 Å². The van der Waals surface area contributed by atoms with Gasteiger partial charge in [-0.3, -0.25) is 0 Å². The van der Waals surface area contributed by atoms with Crippen LogP contribution in [-0.2, 0) is 10.0 Å². The zero-order valence-electron chi connectivity index (χ0n) is 11.5. The maximum absolute atomic E-state index is 11.7. The minimum atomic E-state index is -3.00. The summed E-state index contributed by atoms with van der Waals surface area (Å²) >= 11 is 0. The lowest BCUT2D eigenvalue weighted by molar-refractivity contribution is 0.456. The highest BCUT2D eigenvalue weighted by atomic mass is 32.2. The lowest BCUT2D eigenvalue weighted by atomic mass is 10.3. The average molecular weight is 307 g/mol. The molecule has 112 valence electrons. The molecule has 0 radical (unpaired) electrons. The molecule has 0 saturated carbocycles. The van der Waals surface area contributed by atoms with Gasteiger partial charge in [0.25, 0.3) is 0 Å². The molecule has 8 heteroatoms. The summed E-state index contributed by atoms with van der Waals surface area (Å²) in [4.78, 5) is 3.90. The number of hydrogen-bond acceptors (Lipinski definition) is 5. The van der Waals surface area contributed by atoms with E-state index in [1.165, 1.54) is 6.33 Å². The monoisotopic (exact) mass is 307 g/mol. The van der Waals surface area contributed by atoms with Crippen molar-refractivity contribution in [3.8, 4) is 5.69 Å². The standard InChI is InChI=1S/C13H17N5O2S/c19-21(20)9-1-7-17(21)8-6-15-12-2-4-13(5-3-12)18-11-14-10-16-18/h2-5,10-11,15H,1,6-9H2. The number of hydrogen-bond donors (Lipinski definition) is 1. The molecule has 0 unspecified atom stereocenters. The summed E-state index contributed by atoms with van der Waals surface area (Å²) in [5.41, 5.74) is 1.88. The van der Waals surface area contributed by atoms with Crippen LogP contribution in [0.4, 0.5) is 5.69 Å². The van der Waals surface area contributed by atoms with E-state index in [0.717, 1.165) is 17.8 Å². The first-order valence-electron chi connectivity index (χ1n) is 6.82. The number of sulfonamides is 1. The van der Waals surface area contributed by atoms with Crippen LogP contribution in [0.1, 0.15) is 6.42 Å². The predicted octanol–water partition coefficient (Wildman–Crippen LogP) is 0.715. The van der Waals surface area contributed by atoms with Gasteiger partial charge in [-0.1, -0.05) is 0 Å². The molecule has 0 atom stereocenters. The SMILES string of the molecule is O=S1(=O)CCCN1CCNc1ccc(-n2cncn2)cc1. The normalized spacial score (nSPS) is 17.9. The summed E-state index contributed by atoms with van der Waals surface area (Å²) in [6, 6.07) is 7.75. The van der Waals surface area contributed by atoms with Crippen LogP contribution in [0.15, 0.2) is 36.9 Å². The fourth-order valence-corrected chi connectivity index (χ4v) is 3.87. The fourth-order valence-electron chi connectivity index (χ4n) is 2.34. The van der Waals surface area contributed by atoms with Crippen molar-refractivity contribution in [1.29, 1.82) is 0 Å². The Morgan fingerprint density at radius 3 is 2.67 bits per heavy atom. The summed E-state index contributed by atoms with van der Waals surface area (Å²) in [7, 11) is -3.00. The van der Waals surface area contributed by atoms with Gasteiger partial charge in [0.15, 0.2) is 0 Å². The van der Waals surface area contributed by atoms with E-state index in [4.69, 9.17) is 0 Å². The van der Waals surface area contributed by atoms with E-state index in [1.807, 2.05) is 24.3 Å². The van der Waals surface area contributed by atoms with Crippen molar-refractivity contribution >= 4 is 15.7 Å². The van der Waals surface area contributed by atoms with Gasteiger partial charge < -0.3 is 5.32 Å². The Kier molecular flexibility index (Phi) is 3.89. The van der Waals surface area contributed by atoms with Crippen molar-refractivity contribution in [2.24, 2.45) is 0 Å². The van der Waals surface area contributed by atoms with E-state index < -0.39 is 10.0 Å². The summed E-state index contributed by atoms with van der Waals surface area (Å²) in [5.74, 6) is 0.277. The molecule has 1 aromatic carbocycles. The first-order chi connectivity index (χ1) is 10.1. The van der Waals surface area contributed by atoms with Gasteiger partial charge in [-0.15, -0.1) is 0 Å². The molecule has 1 aromatic heterocycles. The topological polar surface area (TPSA) is 80.1 Å². The number of aromatic nitrogens is 3. The molecule has 0 amide bonds. The summed E-state index contributed by atoms with van der Waals surface area (Å²) in [6.45, 7) is 1.74. The second-order valence-corrected chi connectivity index (χ2v) is 6.97. The maximum atomic E-state index is 11.7. The number of nitrogens with zero attached hydrogens (tertiary/aromatic N) is 4. The zero-order valence-corrected chi connectivity index (χ0v) is 12.3. The largest absolute Gasteiger partial charge is 0.384 e. The predicted molar refractivity (Wildman–Crippen MR) is 79.8 cm³/mol. The third-order valence-electron chi connectivity index (χ3n) is 3.44. The number of nitrogens with one attached hydrogen (secondary N) is 1. The first-order valence-corrected chi connectivity index (χ1v) is 8.43. The number of benzene rings is 1. The Morgan fingerprint density at radius 2 is 2.05 bits per heavy atom.